The van der Waals surface area contributed by atoms with E-state index in [1.165, 1.54) is 5.56 Å². The molecule has 0 radical (unpaired) electrons. The van der Waals surface area contributed by atoms with E-state index in [2.05, 4.69) is 11.4 Å². The molecule has 0 bridgehead atoms. The molecule has 3 atom stereocenters. The smallest absolute Gasteiger partial charge is 0.246 e. The van der Waals surface area contributed by atoms with Gasteiger partial charge in [0.15, 0.2) is 0 Å². The summed E-state index contributed by atoms with van der Waals surface area (Å²) < 4.78 is 0. The molecule has 0 spiro atoms. The zero-order valence-corrected chi connectivity index (χ0v) is 12.7. The van der Waals surface area contributed by atoms with Gasteiger partial charge in [0.05, 0.1) is 0 Å². The zero-order valence-electron chi connectivity index (χ0n) is 11.9. The fourth-order valence-corrected chi connectivity index (χ4v) is 4.14. The predicted octanol–water partition coefficient (Wildman–Crippen LogP) is 1.90. The maximum atomic E-state index is 12.7. The molecule has 1 aromatic rings. The van der Waals surface area contributed by atoms with E-state index in [-0.39, 0.29) is 29.9 Å². The number of carbonyl (C=O) groups excluding carboxylic acids is 2. The van der Waals surface area contributed by atoms with Crippen molar-refractivity contribution in [2.75, 3.05) is 6.54 Å². The van der Waals surface area contributed by atoms with Crippen molar-refractivity contribution in [2.24, 2.45) is 0 Å². The average Bonchev–Trinajstić information content (AvgIpc) is 3.06. The van der Waals surface area contributed by atoms with Crippen molar-refractivity contribution in [3.05, 3.63) is 22.4 Å². The zero-order chi connectivity index (χ0) is 14.3. The molecule has 0 aliphatic carbocycles. The Morgan fingerprint density at radius 3 is 2.90 bits per heavy atom. The summed E-state index contributed by atoms with van der Waals surface area (Å²) in [5.41, 5.74) is 1.24. The summed E-state index contributed by atoms with van der Waals surface area (Å²) >= 11 is 1.67. The Morgan fingerprint density at radius 2 is 2.20 bits per heavy atom. The van der Waals surface area contributed by atoms with Crippen molar-refractivity contribution in [1.82, 2.24) is 9.80 Å². The highest BCUT2D eigenvalue weighted by molar-refractivity contribution is 7.07. The second-order valence-electron chi connectivity index (χ2n) is 5.80. The second kappa shape index (κ2) is 5.20. The fraction of sp³-hybridized carbons (Fsp3) is 0.600. The summed E-state index contributed by atoms with van der Waals surface area (Å²) in [7, 11) is 0. The minimum atomic E-state index is -0.328. The van der Waals surface area contributed by atoms with Gasteiger partial charge in [-0.2, -0.15) is 11.3 Å². The summed E-state index contributed by atoms with van der Waals surface area (Å²) in [5.74, 6) is 0.251. The lowest BCUT2D eigenvalue weighted by Crippen LogP contribution is -2.64. The van der Waals surface area contributed by atoms with E-state index in [4.69, 9.17) is 0 Å². The van der Waals surface area contributed by atoms with Crippen LogP contribution in [0.5, 0.6) is 0 Å². The first-order valence-electron chi connectivity index (χ1n) is 7.23. The first kappa shape index (κ1) is 13.6. The van der Waals surface area contributed by atoms with Crippen molar-refractivity contribution < 1.29 is 9.59 Å². The lowest BCUT2D eigenvalue weighted by atomic mass is 10.0. The van der Waals surface area contributed by atoms with Crippen LogP contribution in [0.4, 0.5) is 0 Å². The molecule has 108 valence electrons. The topological polar surface area (TPSA) is 40.6 Å². The van der Waals surface area contributed by atoms with Crippen molar-refractivity contribution in [1.29, 1.82) is 0 Å². The Hall–Kier alpha value is -1.36. The van der Waals surface area contributed by atoms with Gasteiger partial charge in [0.25, 0.3) is 0 Å². The molecule has 2 saturated heterocycles. The summed E-state index contributed by atoms with van der Waals surface area (Å²) in [6, 6.07) is 1.62. The van der Waals surface area contributed by atoms with Crippen molar-refractivity contribution in [2.45, 2.75) is 51.2 Å². The first-order chi connectivity index (χ1) is 9.59. The van der Waals surface area contributed by atoms with Crippen LogP contribution in [0.1, 0.15) is 32.3 Å². The average molecular weight is 292 g/mol. The number of piperazine rings is 1. The number of hydrogen-bond donors (Lipinski definition) is 0. The number of amides is 2. The van der Waals surface area contributed by atoms with Gasteiger partial charge in [-0.25, -0.2) is 0 Å². The minimum Gasteiger partial charge on any atom is -0.329 e. The van der Waals surface area contributed by atoms with Crippen LogP contribution in [0.25, 0.3) is 0 Å². The van der Waals surface area contributed by atoms with Crippen molar-refractivity contribution >= 4 is 23.2 Å². The van der Waals surface area contributed by atoms with Gasteiger partial charge in [-0.3, -0.25) is 9.59 Å². The van der Waals surface area contributed by atoms with Crippen LogP contribution in [0, 0.1) is 0 Å². The number of rotatable bonds is 3. The Balaban J connectivity index is 1.80. The third-order valence-electron chi connectivity index (χ3n) is 4.44. The molecule has 3 unspecified atom stereocenters. The summed E-state index contributed by atoms with van der Waals surface area (Å²) in [4.78, 5) is 28.7. The lowest BCUT2D eigenvalue weighted by Gasteiger charge is -2.43. The molecule has 2 amide bonds. The van der Waals surface area contributed by atoms with Crippen LogP contribution >= 0.6 is 11.3 Å². The third-order valence-corrected chi connectivity index (χ3v) is 5.17. The van der Waals surface area contributed by atoms with Gasteiger partial charge in [0.1, 0.15) is 12.1 Å². The normalized spacial score (nSPS) is 27.9. The molecule has 3 heterocycles. The Labute approximate surface area is 123 Å². The monoisotopic (exact) mass is 292 g/mol. The number of carbonyl (C=O) groups is 2. The predicted molar refractivity (Wildman–Crippen MR) is 78.5 cm³/mol. The van der Waals surface area contributed by atoms with Gasteiger partial charge in [0.2, 0.25) is 11.8 Å². The van der Waals surface area contributed by atoms with E-state index >= 15 is 0 Å². The second-order valence-corrected chi connectivity index (χ2v) is 6.58. The number of nitrogens with zero attached hydrogens (tertiary/aromatic N) is 2. The van der Waals surface area contributed by atoms with Gasteiger partial charge in [-0.15, -0.1) is 0 Å². The Kier molecular flexibility index (Phi) is 3.54. The Bertz CT molecular complexity index is 514. The van der Waals surface area contributed by atoms with E-state index in [0.29, 0.717) is 0 Å². The molecular weight excluding hydrogens is 272 g/mol. The summed E-state index contributed by atoms with van der Waals surface area (Å²) in [5, 5.41) is 4.16. The molecule has 3 rings (SSSR count). The SMILES string of the molecule is CC(Cc1ccsc1)N1C(=O)C2CCCN2C(=O)C1C. The van der Waals surface area contributed by atoms with Crippen molar-refractivity contribution in [3.8, 4) is 0 Å². The van der Waals surface area contributed by atoms with Crippen LogP contribution in [0.15, 0.2) is 16.8 Å². The summed E-state index contributed by atoms with van der Waals surface area (Å²) in [6.07, 6.45) is 2.58. The molecule has 2 aliphatic rings. The highest BCUT2D eigenvalue weighted by atomic mass is 32.1. The van der Waals surface area contributed by atoms with Crippen LogP contribution < -0.4 is 0 Å². The molecule has 0 aromatic carbocycles. The maximum Gasteiger partial charge on any atom is 0.246 e. The molecule has 2 fully saturated rings. The standard InChI is InChI=1S/C15H20N2O2S/c1-10(8-12-5-7-20-9-12)17-11(2)14(18)16-6-3-4-13(16)15(17)19/h5,7,9-11,13H,3-4,6,8H2,1-2H3. The largest absolute Gasteiger partial charge is 0.329 e. The molecule has 5 heteroatoms. The fourth-order valence-electron chi connectivity index (χ4n) is 3.46. The van der Waals surface area contributed by atoms with Gasteiger partial charge in [-0.05, 0) is 55.5 Å². The van der Waals surface area contributed by atoms with Gasteiger partial charge in [-0.1, -0.05) is 0 Å². The van der Waals surface area contributed by atoms with E-state index in [0.717, 1.165) is 25.8 Å². The number of thiophene rings is 1. The highest BCUT2D eigenvalue weighted by Crippen LogP contribution is 2.29. The van der Waals surface area contributed by atoms with E-state index in [1.807, 2.05) is 24.1 Å². The van der Waals surface area contributed by atoms with Gasteiger partial charge in [0, 0.05) is 12.6 Å². The van der Waals surface area contributed by atoms with Crippen LogP contribution in [0.3, 0.4) is 0 Å². The minimum absolute atomic E-state index is 0.0683. The first-order valence-corrected chi connectivity index (χ1v) is 8.17. The molecule has 0 saturated carbocycles. The summed E-state index contributed by atoms with van der Waals surface area (Å²) in [6.45, 7) is 4.65. The molecule has 1 aromatic heterocycles. The molecule has 2 aliphatic heterocycles. The van der Waals surface area contributed by atoms with E-state index in [9.17, 15) is 9.59 Å². The molecule has 4 nitrogen and oxygen atoms in total. The molecule has 0 N–H and O–H groups in total. The third kappa shape index (κ3) is 2.14. The van der Waals surface area contributed by atoms with Gasteiger partial charge >= 0.3 is 0 Å². The Morgan fingerprint density at radius 1 is 1.40 bits per heavy atom. The molecule has 20 heavy (non-hydrogen) atoms. The number of fused-ring (bicyclic) bond motifs is 1. The van der Waals surface area contributed by atoms with Crippen molar-refractivity contribution in [3.63, 3.8) is 0 Å². The van der Waals surface area contributed by atoms with Crippen LogP contribution in [-0.4, -0.2) is 46.3 Å². The highest BCUT2D eigenvalue weighted by Gasteiger charge is 2.47. The molecular formula is C15H20N2O2S. The quantitative estimate of drug-likeness (QED) is 0.854. The lowest BCUT2D eigenvalue weighted by molar-refractivity contribution is -0.160. The van der Waals surface area contributed by atoms with Crippen LogP contribution in [-0.2, 0) is 16.0 Å². The van der Waals surface area contributed by atoms with E-state index < -0.39 is 0 Å². The number of hydrogen-bond acceptors (Lipinski definition) is 3. The van der Waals surface area contributed by atoms with Crippen LogP contribution in [0.2, 0.25) is 0 Å². The van der Waals surface area contributed by atoms with E-state index in [1.54, 1.807) is 16.2 Å². The maximum absolute atomic E-state index is 12.7. The van der Waals surface area contributed by atoms with Gasteiger partial charge < -0.3 is 9.80 Å².